The van der Waals surface area contributed by atoms with E-state index in [-0.39, 0.29) is 17.1 Å². The van der Waals surface area contributed by atoms with Crippen molar-refractivity contribution in [2.24, 2.45) is 0 Å². The maximum absolute atomic E-state index is 10.7. The number of rotatable bonds is 3. The van der Waals surface area contributed by atoms with Gasteiger partial charge in [0, 0.05) is 11.6 Å². The van der Waals surface area contributed by atoms with Gasteiger partial charge in [0.15, 0.2) is 0 Å². The molecule has 0 bridgehead atoms. The van der Waals surface area contributed by atoms with E-state index in [1.54, 1.807) is 30.4 Å². The fourth-order valence-electron chi connectivity index (χ4n) is 1.60. The van der Waals surface area contributed by atoms with Gasteiger partial charge < -0.3 is 15.3 Å². The van der Waals surface area contributed by atoms with Crippen molar-refractivity contribution in [3.8, 4) is 11.5 Å². The molecule has 19 heavy (non-hydrogen) atoms. The van der Waals surface area contributed by atoms with Gasteiger partial charge in [-0.2, -0.15) is 0 Å². The average molecular weight is 256 g/mol. The molecule has 0 aliphatic rings. The number of phenols is 2. The number of carbonyl (C=O) groups is 1. The van der Waals surface area contributed by atoms with Gasteiger partial charge in [-0.25, -0.2) is 4.79 Å². The third kappa shape index (κ3) is 3.13. The van der Waals surface area contributed by atoms with Crippen LogP contribution in [0, 0.1) is 0 Å². The molecule has 0 radical (unpaired) electrons. The summed E-state index contributed by atoms with van der Waals surface area (Å²) in [4.78, 5) is 10.7. The summed E-state index contributed by atoms with van der Waals surface area (Å²) in [6.07, 6.45) is 3.43. The maximum atomic E-state index is 10.7. The highest BCUT2D eigenvalue weighted by Crippen LogP contribution is 2.24. The average Bonchev–Trinajstić information content (AvgIpc) is 2.38. The van der Waals surface area contributed by atoms with E-state index in [1.807, 2.05) is 0 Å². The number of aromatic hydroxyl groups is 2. The number of hydrogen-bond acceptors (Lipinski definition) is 3. The number of phenolic OH excluding ortho intramolecular Hbond substituents is 2. The molecule has 0 aromatic heterocycles. The molecule has 96 valence electrons. The lowest BCUT2D eigenvalue weighted by atomic mass is 10.1. The van der Waals surface area contributed by atoms with Crippen LogP contribution in [0.3, 0.4) is 0 Å². The second kappa shape index (κ2) is 5.27. The Kier molecular flexibility index (Phi) is 3.52. The van der Waals surface area contributed by atoms with Crippen LogP contribution < -0.4 is 0 Å². The Labute approximate surface area is 109 Å². The zero-order valence-electron chi connectivity index (χ0n) is 9.95. The van der Waals surface area contributed by atoms with E-state index in [9.17, 15) is 9.90 Å². The van der Waals surface area contributed by atoms with Crippen molar-refractivity contribution in [1.82, 2.24) is 0 Å². The molecule has 4 nitrogen and oxygen atoms in total. The summed E-state index contributed by atoms with van der Waals surface area (Å²) in [6, 6.07) is 10.7. The van der Waals surface area contributed by atoms with Crippen molar-refractivity contribution in [2.45, 2.75) is 0 Å². The predicted octanol–water partition coefficient (Wildman–Crippen LogP) is 2.97. The van der Waals surface area contributed by atoms with Crippen molar-refractivity contribution in [2.75, 3.05) is 0 Å². The number of aromatic carboxylic acids is 1. The Morgan fingerprint density at radius 2 is 1.63 bits per heavy atom. The van der Waals surface area contributed by atoms with E-state index in [2.05, 4.69) is 0 Å². The van der Waals surface area contributed by atoms with Crippen LogP contribution in [0.2, 0.25) is 0 Å². The summed E-state index contributed by atoms with van der Waals surface area (Å²) in [5, 5.41) is 27.5. The molecule has 0 aliphatic carbocycles. The molecule has 0 aliphatic heterocycles. The van der Waals surface area contributed by atoms with Crippen molar-refractivity contribution < 1.29 is 20.1 Å². The Bertz CT molecular complexity index is 627. The zero-order valence-corrected chi connectivity index (χ0v) is 9.95. The number of carboxylic acids is 1. The monoisotopic (exact) mass is 256 g/mol. The minimum absolute atomic E-state index is 0.000427. The Morgan fingerprint density at radius 3 is 2.21 bits per heavy atom. The van der Waals surface area contributed by atoms with E-state index < -0.39 is 5.97 Å². The van der Waals surface area contributed by atoms with E-state index in [0.717, 1.165) is 5.56 Å². The molecule has 3 N–H and O–H groups in total. The summed E-state index contributed by atoms with van der Waals surface area (Å²) < 4.78 is 0. The molecule has 2 aromatic rings. The van der Waals surface area contributed by atoms with Crippen LogP contribution in [0.4, 0.5) is 0 Å². The molecule has 2 rings (SSSR count). The van der Waals surface area contributed by atoms with Crippen LogP contribution in [0.25, 0.3) is 12.2 Å². The molecular weight excluding hydrogens is 244 g/mol. The van der Waals surface area contributed by atoms with Gasteiger partial charge in [0.1, 0.15) is 11.5 Å². The van der Waals surface area contributed by atoms with Gasteiger partial charge in [0.05, 0.1) is 5.56 Å². The highest BCUT2D eigenvalue weighted by molar-refractivity contribution is 5.88. The molecule has 0 saturated heterocycles. The molecule has 0 unspecified atom stereocenters. The van der Waals surface area contributed by atoms with E-state index in [4.69, 9.17) is 10.2 Å². The zero-order chi connectivity index (χ0) is 13.8. The molecule has 0 atom stereocenters. The third-order valence-corrected chi connectivity index (χ3v) is 2.63. The van der Waals surface area contributed by atoms with Crippen molar-refractivity contribution >= 4 is 18.1 Å². The molecule has 0 amide bonds. The van der Waals surface area contributed by atoms with Crippen molar-refractivity contribution in [3.63, 3.8) is 0 Å². The van der Waals surface area contributed by atoms with Gasteiger partial charge in [-0.05, 0) is 29.8 Å². The van der Waals surface area contributed by atoms with Gasteiger partial charge >= 0.3 is 5.97 Å². The van der Waals surface area contributed by atoms with Crippen LogP contribution in [-0.2, 0) is 0 Å². The smallest absolute Gasteiger partial charge is 0.335 e. The predicted molar refractivity (Wildman–Crippen MR) is 72.1 cm³/mol. The fraction of sp³-hybridized carbons (Fsp3) is 0. The Morgan fingerprint density at radius 1 is 0.947 bits per heavy atom. The van der Waals surface area contributed by atoms with E-state index in [0.29, 0.717) is 5.56 Å². The van der Waals surface area contributed by atoms with Gasteiger partial charge in [-0.3, -0.25) is 0 Å². The van der Waals surface area contributed by atoms with Gasteiger partial charge in [-0.1, -0.05) is 24.3 Å². The SMILES string of the molecule is O=C(O)c1ccc(/C=C/c2ccc(O)cc2O)cc1. The second-order valence-electron chi connectivity index (χ2n) is 4.00. The lowest BCUT2D eigenvalue weighted by molar-refractivity contribution is 0.0697. The number of benzene rings is 2. The lowest BCUT2D eigenvalue weighted by Crippen LogP contribution is -1.94. The molecule has 4 heteroatoms. The van der Waals surface area contributed by atoms with Crippen molar-refractivity contribution in [3.05, 3.63) is 59.2 Å². The number of hydrogen-bond donors (Lipinski definition) is 3. The molecule has 2 aromatic carbocycles. The van der Waals surface area contributed by atoms with Gasteiger partial charge in [-0.15, -0.1) is 0 Å². The van der Waals surface area contributed by atoms with Gasteiger partial charge in [0.25, 0.3) is 0 Å². The fourth-order valence-corrected chi connectivity index (χ4v) is 1.60. The summed E-state index contributed by atoms with van der Waals surface area (Å²) in [5.74, 6) is -0.981. The van der Waals surface area contributed by atoms with Crippen molar-refractivity contribution in [1.29, 1.82) is 0 Å². The van der Waals surface area contributed by atoms with Crippen LogP contribution in [0.1, 0.15) is 21.5 Å². The quantitative estimate of drug-likeness (QED) is 0.738. The Balaban J connectivity index is 2.20. The Hall–Kier alpha value is -2.75. The standard InChI is InChI=1S/C15H12O4/c16-13-8-7-11(14(17)9-13)4-1-10-2-5-12(6-3-10)15(18)19/h1-9,16-17H,(H,18,19)/b4-1+. The summed E-state index contributed by atoms with van der Waals surface area (Å²) in [6.45, 7) is 0. The first-order valence-electron chi connectivity index (χ1n) is 5.60. The van der Waals surface area contributed by atoms with Crippen LogP contribution in [-0.4, -0.2) is 21.3 Å². The molecular formula is C15H12O4. The topological polar surface area (TPSA) is 77.8 Å². The van der Waals surface area contributed by atoms with Crippen LogP contribution in [0.15, 0.2) is 42.5 Å². The van der Waals surface area contributed by atoms with E-state index >= 15 is 0 Å². The first-order valence-corrected chi connectivity index (χ1v) is 5.60. The summed E-state index contributed by atoms with van der Waals surface area (Å²) in [5.41, 5.74) is 1.61. The summed E-state index contributed by atoms with van der Waals surface area (Å²) >= 11 is 0. The summed E-state index contributed by atoms with van der Waals surface area (Å²) in [7, 11) is 0. The maximum Gasteiger partial charge on any atom is 0.335 e. The minimum atomic E-state index is -0.966. The highest BCUT2D eigenvalue weighted by Gasteiger charge is 2.01. The van der Waals surface area contributed by atoms with E-state index in [1.165, 1.54) is 24.3 Å². The molecule has 0 saturated carbocycles. The third-order valence-electron chi connectivity index (χ3n) is 2.63. The minimum Gasteiger partial charge on any atom is -0.508 e. The van der Waals surface area contributed by atoms with Crippen LogP contribution >= 0.6 is 0 Å². The molecule has 0 spiro atoms. The number of carboxylic acid groups (broad SMARTS) is 1. The molecule has 0 fully saturated rings. The van der Waals surface area contributed by atoms with Gasteiger partial charge in [0.2, 0.25) is 0 Å². The first-order chi connectivity index (χ1) is 9.06. The second-order valence-corrected chi connectivity index (χ2v) is 4.00. The molecule has 0 heterocycles. The lowest BCUT2D eigenvalue weighted by Gasteiger charge is -2.00. The largest absolute Gasteiger partial charge is 0.508 e. The highest BCUT2D eigenvalue weighted by atomic mass is 16.4. The normalized spacial score (nSPS) is 10.7. The first kappa shape index (κ1) is 12.7. The van der Waals surface area contributed by atoms with Crippen LogP contribution in [0.5, 0.6) is 11.5 Å².